The van der Waals surface area contributed by atoms with Crippen LogP contribution in [0.1, 0.15) is 202 Å². The Balaban J connectivity index is 0.000000155. The molecule has 18 heteroatoms. The summed E-state index contributed by atoms with van der Waals surface area (Å²) in [5.74, 6) is 26.8. The molecule has 0 aliphatic carbocycles. The van der Waals surface area contributed by atoms with E-state index in [9.17, 15) is 24.3 Å². The maximum absolute atomic E-state index is 12.6. The maximum atomic E-state index is 12.6. The third-order valence-electron chi connectivity index (χ3n) is 20.7. The Morgan fingerprint density at radius 3 is 1.20 bits per heavy atom. The summed E-state index contributed by atoms with van der Waals surface area (Å²) >= 11 is 18.4. The molecule has 0 bridgehead atoms. The summed E-state index contributed by atoms with van der Waals surface area (Å²) in [4.78, 5) is 73.3. The number of pyridine rings is 4. The number of hydrogen-bond donors (Lipinski definition) is 4. The molecule has 2 fully saturated rings. The van der Waals surface area contributed by atoms with Gasteiger partial charge in [-0.1, -0.05) is 206 Å². The van der Waals surface area contributed by atoms with Crippen molar-refractivity contribution in [2.45, 2.75) is 122 Å². The number of likely N-dealkylation sites (tertiary alicyclic amines) is 2. The third-order valence-corrected chi connectivity index (χ3v) is 21.4. The van der Waals surface area contributed by atoms with E-state index in [1.54, 1.807) is 43.0 Å². The Labute approximate surface area is 708 Å². The molecule has 7 N–H and O–H groups in total. The van der Waals surface area contributed by atoms with E-state index in [2.05, 4.69) is 95.0 Å². The number of carbonyl (C=O) groups is 4. The van der Waals surface area contributed by atoms with Crippen LogP contribution >= 0.6 is 34.8 Å². The lowest BCUT2D eigenvalue weighted by molar-refractivity contribution is 0.0821. The van der Waals surface area contributed by atoms with Gasteiger partial charge in [0, 0.05) is 166 Å². The van der Waals surface area contributed by atoms with Crippen LogP contribution in [0.5, 0.6) is 0 Å². The van der Waals surface area contributed by atoms with Crippen LogP contribution in [-0.2, 0) is 0 Å². The van der Waals surface area contributed by atoms with Crippen LogP contribution in [0, 0.1) is 47.4 Å². The van der Waals surface area contributed by atoms with Crippen LogP contribution in [0.25, 0.3) is 43.1 Å². The maximum Gasteiger partial charge on any atom is 0.162 e. The number of benzene rings is 8. The molecule has 0 radical (unpaired) electrons. The van der Waals surface area contributed by atoms with Gasteiger partial charge in [0.15, 0.2) is 23.1 Å². The molecule has 0 amide bonds. The minimum atomic E-state index is -0.467. The number of nitrogen functional groups attached to an aromatic ring is 3. The van der Waals surface area contributed by atoms with Crippen molar-refractivity contribution in [2.75, 3.05) is 77.1 Å². The van der Waals surface area contributed by atoms with Gasteiger partial charge in [-0.15, -0.1) is 0 Å². The van der Waals surface area contributed by atoms with Crippen LogP contribution in [0.15, 0.2) is 207 Å². The number of ketones is 4. The van der Waals surface area contributed by atoms with E-state index in [1.165, 1.54) is 51.6 Å². The summed E-state index contributed by atoms with van der Waals surface area (Å²) in [6.45, 7) is 9.35. The molecule has 4 aromatic heterocycles. The Hall–Kier alpha value is -11.6. The SMILES string of the molecule is CCCCCC(=O)c1ccc(C#Cc2c(N)ncc3ccc(Cl)cc23)cc1.CN(C)CCCC(=O)c1ccc(C#Cc2c(N)ncc3ccc(Cl)cc23)cc1.Nc1ncc2ccc(Cl)cc2c1C#Cc1ccc(C(=O)CCC(O)CN2CCCCC2)cc1.O=C(CCCCN1CCCCC1)c1ccc(C#Cc2cncc3ccccc23)cc1. The lowest BCUT2D eigenvalue weighted by Gasteiger charge is -2.28. The lowest BCUT2D eigenvalue weighted by Crippen LogP contribution is -2.36. The van der Waals surface area contributed by atoms with Gasteiger partial charge in [-0.2, -0.15) is 0 Å². The summed E-state index contributed by atoms with van der Waals surface area (Å²) in [5.41, 5.74) is 27.1. The first kappa shape index (κ1) is 87.3. The van der Waals surface area contributed by atoms with Crippen LogP contribution in [0.4, 0.5) is 17.5 Å². The average molecular weight is 1630 g/mol. The summed E-state index contributed by atoms with van der Waals surface area (Å²) in [6.07, 6.45) is 24.6. The molecule has 6 heterocycles. The van der Waals surface area contributed by atoms with Crippen molar-refractivity contribution in [3.8, 4) is 47.4 Å². The molecule has 2 saturated heterocycles. The van der Waals surface area contributed by atoms with Crippen molar-refractivity contribution in [2.24, 2.45) is 0 Å². The zero-order valence-electron chi connectivity index (χ0n) is 67.3. The van der Waals surface area contributed by atoms with Gasteiger partial charge in [-0.25, -0.2) is 15.0 Å². The molecule has 1 unspecified atom stereocenters. The number of Topliss-reactive ketones (excluding diaryl/α,β-unsaturated/α-hetero) is 4. The van der Waals surface area contributed by atoms with Gasteiger partial charge in [-0.05, 0) is 196 Å². The molecule has 14 rings (SSSR count). The standard InChI is InChI=1S/C27H28ClN3O2.C27H28N2O.C23H22ClN3O.C23H21ClN2O/c28-22-10-9-21-17-30-27(29)24(25(21)16-22)12-6-19-4-7-20(8-5-19)26(33)13-11-23(32)18-31-14-2-1-3-15-31;30-27(10-4-7-19-29-17-5-1-6-18-29)23-14-11-22(12-15-23)13-16-25-21-28-20-24-8-2-3-9-26(24)25;1-27(2)13-3-4-22(28)17-8-5-16(6-9-17)7-12-20-21-14-19(24)11-10-18(21)15-26-23(20)25;1-2-3-4-5-22(27)17-9-6-16(7-10-17)8-13-20-21-14-19(24)12-11-18(21)15-26-23(20)25/h4-5,7-10,16-17,23,32H,1-3,11,13-15,18H2,(H2,29,30);2-3,8-9,11-12,14-15,20-21H,1,4-7,10,17-19H2;5-6,8-11,14-15H,3-4,13H2,1-2H3,(H2,25,26);6-7,9-12,14-15H,2-5H2,1H3,(H2,25,26). The van der Waals surface area contributed by atoms with E-state index in [0.29, 0.717) is 99.0 Å². The van der Waals surface area contributed by atoms with Crippen molar-refractivity contribution in [3.05, 3.63) is 289 Å². The first-order valence-electron chi connectivity index (χ1n) is 40.5. The van der Waals surface area contributed by atoms with Crippen molar-refractivity contribution in [1.82, 2.24) is 34.6 Å². The molecule has 2 aliphatic rings. The molecule has 0 spiro atoms. The van der Waals surface area contributed by atoms with Gasteiger partial charge in [-0.3, -0.25) is 24.2 Å². The second kappa shape index (κ2) is 44.7. The van der Waals surface area contributed by atoms with Crippen LogP contribution < -0.4 is 17.2 Å². The number of carbonyl (C=O) groups excluding carboxylic acids is 4. The molecule has 15 nitrogen and oxygen atoms in total. The normalized spacial score (nSPS) is 12.8. The number of aliphatic hydroxyl groups excluding tert-OH is 1. The number of nitrogens with zero attached hydrogens (tertiary/aromatic N) is 7. The topological polar surface area (TPSA) is 228 Å². The van der Waals surface area contributed by atoms with Crippen molar-refractivity contribution < 1.29 is 24.3 Å². The van der Waals surface area contributed by atoms with E-state index in [1.807, 2.05) is 172 Å². The van der Waals surface area contributed by atoms with E-state index >= 15 is 0 Å². The fourth-order valence-corrected chi connectivity index (χ4v) is 14.5. The smallest absolute Gasteiger partial charge is 0.162 e. The Kier molecular flexibility index (Phi) is 33.0. The molecule has 600 valence electrons. The van der Waals surface area contributed by atoms with Gasteiger partial charge in [0.05, 0.1) is 28.4 Å². The quantitative estimate of drug-likeness (QED) is 0.0281. The van der Waals surface area contributed by atoms with E-state index in [0.717, 1.165) is 147 Å². The molecular weight excluding hydrogens is 1530 g/mol. The molecule has 118 heavy (non-hydrogen) atoms. The highest BCUT2D eigenvalue weighted by atomic mass is 35.5. The Bertz CT molecular complexity index is 5740. The summed E-state index contributed by atoms with van der Waals surface area (Å²) in [7, 11) is 4.01. The van der Waals surface area contributed by atoms with E-state index in [4.69, 9.17) is 52.0 Å². The van der Waals surface area contributed by atoms with Gasteiger partial charge in [0.2, 0.25) is 0 Å². The minimum absolute atomic E-state index is 0.0318. The number of piperidine rings is 2. The number of rotatable bonds is 22. The number of hydrogen-bond acceptors (Lipinski definition) is 15. The predicted octanol–water partition coefficient (Wildman–Crippen LogP) is 20.2. The number of anilines is 3. The van der Waals surface area contributed by atoms with Gasteiger partial charge >= 0.3 is 0 Å². The van der Waals surface area contributed by atoms with Crippen molar-refractivity contribution in [3.63, 3.8) is 0 Å². The van der Waals surface area contributed by atoms with Crippen LogP contribution in [-0.4, -0.2) is 129 Å². The lowest BCUT2D eigenvalue weighted by atomic mass is 10.0. The highest BCUT2D eigenvalue weighted by Gasteiger charge is 2.18. The van der Waals surface area contributed by atoms with Crippen molar-refractivity contribution >= 4 is 118 Å². The van der Waals surface area contributed by atoms with Crippen LogP contribution in [0.2, 0.25) is 15.1 Å². The summed E-state index contributed by atoms with van der Waals surface area (Å²) < 4.78 is 0. The van der Waals surface area contributed by atoms with E-state index in [-0.39, 0.29) is 23.1 Å². The highest BCUT2D eigenvalue weighted by Crippen LogP contribution is 2.29. The second-order valence-electron chi connectivity index (χ2n) is 29.9. The monoisotopic (exact) mass is 1620 g/mol. The fraction of sp³-hybridized carbons (Fsp3) is 0.280. The Morgan fingerprint density at radius 2 is 0.788 bits per heavy atom. The van der Waals surface area contributed by atoms with E-state index < -0.39 is 6.10 Å². The zero-order chi connectivity index (χ0) is 83.1. The fourth-order valence-electron chi connectivity index (χ4n) is 14.0. The molecular formula is C100H99Cl3N10O5. The molecule has 1 atom stereocenters. The second-order valence-corrected chi connectivity index (χ2v) is 31.2. The first-order chi connectivity index (χ1) is 57.3. The van der Waals surface area contributed by atoms with Gasteiger partial charge in [0.1, 0.15) is 17.5 Å². The molecule has 2 aliphatic heterocycles. The number of aliphatic hydroxyl groups is 1. The average Bonchev–Trinajstić information content (AvgIpc) is 0.832. The third kappa shape index (κ3) is 26.2. The first-order valence-corrected chi connectivity index (χ1v) is 41.7. The number of halogens is 3. The van der Waals surface area contributed by atoms with Crippen molar-refractivity contribution in [1.29, 1.82) is 0 Å². The number of nitrogens with two attached hydrogens (primary N) is 3. The highest BCUT2D eigenvalue weighted by molar-refractivity contribution is 6.32. The molecule has 8 aromatic carbocycles. The van der Waals surface area contributed by atoms with Crippen LogP contribution in [0.3, 0.4) is 0 Å². The predicted molar refractivity (Wildman–Crippen MR) is 484 cm³/mol. The van der Waals surface area contributed by atoms with Gasteiger partial charge in [0.25, 0.3) is 0 Å². The number of fused-ring (bicyclic) bond motifs is 4. The minimum Gasteiger partial charge on any atom is -0.392 e. The number of aromatic nitrogens is 4. The Morgan fingerprint density at radius 1 is 0.415 bits per heavy atom. The summed E-state index contributed by atoms with van der Waals surface area (Å²) in [5, 5.41) is 19.8. The summed E-state index contributed by atoms with van der Waals surface area (Å²) in [6, 6.07) is 54.4. The molecule has 12 aromatic rings. The largest absolute Gasteiger partial charge is 0.392 e. The number of β-amino-alcohol motifs (C(OH)–C–C–N with tert-alkyl or cyclic N) is 1. The molecule has 0 saturated carbocycles. The zero-order valence-corrected chi connectivity index (χ0v) is 69.5. The van der Waals surface area contributed by atoms with Gasteiger partial charge < -0.3 is 37.0 Å². The number of unbranched alkanes of at least 4 members (excludes halogenated alkanes) is 3.